The fourth-order valence-electron chi connectivity index (χ4n) is 1.57. The second-order valence-electron chi connectivity index (χ2n) is 3.97. The van der Waals surface area contributed by atoms with Crippen molar-refractivity contribution in [3.8, 4) is 0 Å². The van der Waals surface area contributed by atoms with Crippen LogP contribution in [0.3, 0.4) is 0 Å². The predicted octanol–water partition coefficient (Wildman–Crippen LogP) is 1.06. The Morgan fingerprint density at radius 1 is 1.39 bits per heavy atom. The molecule has 96 valence electrons. The molecule has 2 rings (SSSR count). The quantitative estimate of drug-likeness (QED) is 0.800. The minimum absolute atomic E-state index is 0.0646. The first-order valence-corrected chi connectivity index (χ1v) is 6.10. The van der Waals surface area contributed by atoms with Crippen LogP contribution in [-0.4, -0.2) is 33.6 Å². The van der Waals surface area contributed by atoms with Gasteiger partial charge in [0.25, 0.3) is 0 Å². The molecule has 2 N–H and O–H groups in total. The molecule has 0 atom stereocenters. The Morgan fingerprint density at radius 2 is 2.28 bits per heavy atom. The van der Waals surface area contributed by atoms with E-state index in [1.165, 1.54) is 0 Å². The zero-order valence-electron chi connectivity index (χ0n) is 10.4. The van der Waals surface area contributed by atoms with E-state index in [4.69, 9.17) is 0 Å². The Bertz CT molecular complexity index is 522. The SMILES string of the molecule is CCCNC(=O)CCNc1ccn2nccc2n1. The number of hydrogen-bond donors (Lipinski definition) is 2. The largest absolute Gasteiger partial charge is 0.369 e. The van der Waals surface area contributed by atoms with Crippen LogP contribution in [0, 0.1) is 0 Å². The molecule has 6 nitrogen and oxygen atoms in total. The van der Waals surface area contributed by atoms with Gasteiger partial charge in [-0.1, -0.05) is 6.92 Å². The molecule has 0 bridgehead atoms. The van der Waals surface area contributed by atoms with Crippen molar-refractivity contribution in [3.05, 3.63) is 24.5 Å². The molecule has 18 heavy (non-hydrogen) atoms. The molecule has 0 saturated heterocycles. The molecule has 6 heteroatoms. The van der Waals surface area contributed by atoms with Crippen molar-refractivity contribution in [2.45, 2.75) is 19.8 Å². The molecule has 0 aromatic carbocycles. The van der Waals surface area contributed by atoms with Crippen LogP contribution in [0.2, 0.25) is 0 Å². The van der Waals surface area contributed by atoms with E-state index in [-0.39, 0.29) is 5.91 Å². The molecule has 0 spiro atoms. The highest BCUT2D eigenvalue weighted by Crippen LogP contribution is 2.05. The maximum Gasteiger partial charge on any atom is 0.221 e. The highest BCUT2D eigenvalue weighted by atomic mass is 16.1. The summed E-state index contributed by atoms with van der Waals surface area (Å²) in [7, 11) is 0. The number of nitrogens with zero attached hydrogens (tertiary/aromatic N) is 3. The summed E-state index contributed by atoms with van der Waals surface area (Å²) in [5.41, 5.74) is 0.787. The summed E-state index contributed by atoms with van der Waals surface area (Å²) in [6.07, 6.45) is 4.94. The number of rotatable bonds is 6. The Kier molecular flexibility index (Phi) is 4.11. The summed E-state index contributed by atoms with van der Waals surface area (Å²) in [5.74, 6) is 0.820. The van der Waals surface area contributed by atoms with Gasteiger partial charge in [-0.15, -0.1) is 0 Å². The highest BCUT2D eigenvalue weighted by molar-refractivity contribution is 5.76. The van der Waals surface area contributed by atoms with Gasteiger partial charge in [0.1, 0.15) is 5.82 Å². The average molecular weight is 247 g/mol. The van der Waals surface area contributed by atoms with Crippen LogP contribution in [0.1, 0.15) is 19.8 Å². The van der Waals surface area contributed by atoms with Crippen LogP contribution in [0.15, 0.2) is 24.5 Å². The number of carbonyl (C=O) groups is 1. The van der Waals surface area contributed by atoms with Crippen molar-refractivity contribution in [2.75, 3.05) is 18.4 Å². The summed E-state index contributed by atoms with van der Waals surface area (Å²) in [4.78, 5) is 15.7. The van der Waals surface area contributed by atoms with Gasteiger partial charge in [0, 0.05) is 31.8 Å². The monoisotopic (exact) mass is 247 g/mol. The Morgan fingerprint density at radius 3 is 3.11 bits per heavy atom. The minimum atomic E-state index is 0.0646. The number of aromatic nitrogens is 3. The highest BCUT2D eigenvalue weighted by Gasteiger charge is 2.01. The van der Waals surface area contributed by atoms with E-state index < -0.39 is 0 Å². The summed E-state index contributed by atoms with van der Waals surface area (Å²) < 4.78 is 1.69. The van der Waals surface area contributed by atoms with Crippen molar-refractivity contribution in [2.24, 2.45) is 0 Å². The molecule has 0 unspecified atom stereocenters. The summed E-state index contributed by atoms with van der Waals surface area (Å²) in [6.45, 7) is 3.34. The van der Waals surface area contributed by atoms with Gasteiger partial charge in [0.05, 0.1) is 6.20 Å². The first-order chi connectivity index (χ1) is 8.79. The van der Waals surface area contributed by atoms with E-state index in [0.717, 1.165) is 24.4 Å². The summed E-state index contributed by atoms with van der Waals surface area (Å²) in [6, 6.07) is 3.67. The van der Waals surface area contributed by atoms with Gasteiger partial charge in [-0.25, -0.2) is 9.50 Å². The number of hydrogen-bond acceptors (Lipinski definition) is 4. The maximum absolute atomic E-state index is 11.4. The lowest BCUT2D eigenvalue weighted by Crippen LogP contribution is -2.25. The molecular formula is C12H17N5O. The molecular weight excluding hydrogens is 230 g/mol. The van der Waals surface area contributed by atoms with Crippen LogP contribution in [0.25, 0.3) is 5.65 Å². The van der Waals surface area contributed by atoms with Gasteiger partial charge in [0.2, 0.25) is 5.91 Å². The van der Waals surface area contributed by atoms with E-state index in [2.05, 4.69) is 20.7 Å². The molecule has 0 saturated carbocycles. The summed E-state index contributed by atoms with van der Waals surface area (Å²) >= 11 is 0. The molecule has 0 fully saturated rings. The Balaban J connectivity index is 1.81. The first kappa shape index (κ1) is 12.3. The van der Waals surface area contributed by atoms with Crippen molar-refractivity contribution < 1.29 is 4.79 Å². The van der Waals surface area contributed by atoms with Gasteiger partial charge in [-0.3, -0.25) is 4.79 Å². The third kappa shape index (κ3) is 3.19. The number of nitrogens with one attached hydrogen (secondary N) is 2. The molecule has 1 amide bonds. The fraction of sp³-hybridized carbons (Fsp3) is 0.417. The lowest BCUT2D eigenvalue weighted by atomic mass is 10.3. The predicted molar refractivity (Wildman–Crippen MR) is 69.4 cm³/mol. The second-order valence-corrected chi connectivity index (χ2v) is 3.97. The molecule has 2 aromatic heterocycles. The van der Waals surface area contributed by atoms with Crippen molar-refractivity contribution in [1.82, 2.24) is 19.9 Å². The van der Waals surface area contributed by atoms with Gasteiger partial charge < -0.3 is 10.6 Å². The number of fused-ring (bicyclic) bond motifs is 1. The van der Waals surface area contributed by atoms with Gasteiger partial charge in [-0.05, 0) is 12.5 Å². The average Bonchev–Trinajstić information content (AvgIpc) is 2.83. The topological polar surface area (TPSA) is 71.3 Å². The van der Waals surface area contributed by atoms with Crippen LogP contribution >= 0.6 is 0 Å². The smallest absolute Gasteiger partial charge is 0.221 e. The van der Waals surface area contributed by atoms with Crippen molar-refractivity contribution >= 4 is 17.4 Å². The van der Waals surface area contributed by atoms with Gasteiger partial charge in [-0.2, -0.15) is 5.10 Å². The fourth-order valence-corrected chi connectivity index (χ4v) is 1.57. The van der Waals surface area contributed by atoms with E-state index in [0.29, 0.717) is 13.0 Å². The lowest BCUT2D eigenvalue weighted by Gasteiger charge is -2.06. The summed E-state index contributed by atoms with van der Waals surface area (Å²) in [5, 5.41) is 10.0. The molecule has 0 aliphatic heterocycles. The van der Waals surface area contributed by atoms with Crippen LogP contribution in [0.5, 0.6) is 0 Å². The van der Waals surface area contributed by atoms with Crippen LogP contribution < -0.4 is 10.6 Å². The zero-order valence-corrected chi connectivity index (χ0v) is 10.4. The zero-order chi connectivity index (χ0) is 12.8. The van der Waals surface area contributed by atoms with Gasteiger partial charge >= 0.3 is 0 Å². The van der Waals surface area contributed by atoms with Crippen LogP contribution in [0.4, 0.5) is 5.82 Å². The Labute approximate surface area is 105 Å². The third-order valence-corrected chi connectivity index (χ3v) is 2.49. The minimum Gasteiger partial charge on any atom is -0.369 e. The van der Waals surface area contributed by atoms with Gasteiger partial charge in [0.15, 0.2) is 5.65 Å². The first-order valence-electron chi connectivity index (χ1n) is 6.10. The Hall–Kier alpha value is -2.11. The lowest BCUT2D eigenvalue weighted by molar-refractivity contribution is -0.120. The number of carbonyl (C=O) groups excluding carboxylic acids is 1. The van der Waals surface area contributed by atoms with E-state index in [1.807, 2.05) is 25.3 Å². The normalized spacial score (nSPS) is 10.5. The second kappa shape index (κ2) is 6.00. The van der Waals surface area contributed by atoms with E-state index in [1.54, 1.807) is 10.7 Å². The third-order valence-electron chi connectivity index (χ3n) is 2.49. The van der Waals surface area contributed by atoms with Crippen LogP contribution in [-0.2, 0) is 4.79 Å². The maximum atomic E-state index is 11.4. The number of anilines is 1. The molecule has 0 radical (unpaired) electrons. The van der Waals surface area contributed by atoms with E-state index >= 15 is 0 Å². The number of amides is 1. The van der Waals surface area contributed by atoms with Crippen molar-refractivity contribution in [1.29, 1.82) is 0 Å². The van der Waals surface area contributed by atoms with E-state index in [9.17, 15) is 4.79 Å². The molecule has 0 aliphatic rings. The standard InChI is InChI=1S/C12H17N5O/c1-2-6-14-12(18)4-7-13-10-5-9-17-11(16-10)3-8-15-17/h3,5,8-9H,2,4,6-7H2,1H3,(H,13,16)(H,14,18). The van der Waals surface area contributed by atoms with Crippen molar-refractivity contribution in [3.63, 3.8) is 0 Å². The molecule has 2 heterocycles. The molecule has 0 aliphatic carbocycles. The molecule has 2 aromatic rings.